The van der Waals surface area contributed by atoms with Gasteiger partial charge in [0.2, 0.25) is 0 Å². The molecule has 0 fully saturated rings. The van der Waals surface area contributed by atoms with E-state index in [-0.39, 0.29) is 44.1 Å². The zero-order valence-corrected chi connectivity index (χ0v) is 57.5. The van der Waals surface area contributed by atoms with Crippen LogP contribution in [0.25, 0.3) is 0 Å². The van der Waals surface area contributed by atoms with Crippen molar-refractivity contribution in [2.45, 2.75) is 190 Å². The van der Waals surface area contributed by atoms with Crippen molar-refractivity contribution in [1.82, 2.24) is 0 Å². The third-order valence-electron chi connectivity index (χ3n) is 16.6. The number of hydrogen-bond donors (Lipinski definition) is 6. The Kier molecular flexibility index (Phi) is 18.7. The number of phenolic OH excluding ortho intramolecular Hbond substituents is 2. The van der Waals surface area contributed by atoms with Gasteiger partial charge in [0, 0.05) is 62.6 Å². The van der Waals surface area contributed by atoms with E-state index in [1.807, 2.05) is 143 Å². The lowest BCUT2D eigenvalue weighted by atomic mass is 9.79. The first-order valence-corrected chi connectivity index (χ1v) is 35.1. The summed E-state index contributed by atoms with van der Waals surface area (Å²) in [6.07, 6.45) is 0. The maximum Gasteiger partial charge on any atom is 0.294 e. The first-order valence-electron chi connectivity index (χ1n) is 28.9. The summed E-state index contributed by atoms with van der Waals surface area (Å²) in [4.78, 5) is -1.34. The molecule has 0 spiro atoms. The van der Waals surface area contributed by atoms with Gasteiger partial charge in [-0.05, 0) is 186 Å². The summed E-state index contributed by atoms with van der Waals surface area (Å²) in [7, 11) is -16.7. The minimum absolute atomic E-state index is 0.0550. The number of ether oxygens (including phenoxy) is 1. The fraction of sp³-hybridized carbons (Fsp3) is 0.391. The Bertz CT molecular complexity index is 4360. The summed E-state index contributed by atoms with van der Waals surface area (Å²) in [5, 5.41) is 29.8. The Hall–Kier alpha value is -6.74. The van der Waals surface area contributed by atoms with Crippen molar-refractivity contribution < 1.29 is 57.7 Å². The highest BCUT2D eigenvalue weighted by molar-refractivity contribution is 7.91. The Labute approximate surface area is 522 Å². The Morgan fingerprint density at radius 2 is 0.784 bits per heavy atom. The van der Waals surface area contributed by atoms with Crippen LogP contribution in [0, 0.1) is 48.5 Å². The topological polar surface area (TPSA) is 251 Å². The van der Waals surface area contributed by atoms with E-state index in [2.05, 4.69) is 10.6 Å². The van der Waals surface area contributed by atoms with E-state index in [1.165, 1.54) is 13.2 Å². The lowest BCUT2D eigenvalue weighted by Crippen LogP contribution is -2.19. The van der Waals surface area contributed by atoms with Crippen LogP contribution in [0.2, 0.25) is 0 Å². The van der Waals surface area contributed by atoms with Gasteiger partial charge in [-0.25, -0.2) is 16.8 Å². The zero-order valence-electron chi connectivity index (χ0n) is 54.2. The van der Waals surface area contributed by atoms with Crippen LogP contribution in [0.15, 0.2) is 111 Å². The standard InChI is InChI=1S/C69H86N2O13S4/c1-38-27-41(4)62(43(6)53(38)36-85(74,75)48-31-55(66(8,9)10)64(72)56(32-48)67(11,12)13)70-45-21-24-50(40(3)29-45)61(52-26-23-47(87(78,79)80)35-60(52)88(81,82)83)51-25-22-46(30-59(51)84-20)71-63-42(5)28-39(2)54(44(63)7)37-86(76,77)49-33-57(68(14,15)16)65(73)58(34-49)69(17,18)19/h21-35,61,70-73H,36-37H2,1-20H3,(H,78,79,80)(H,81,82,83). The Morgan fingerprint density at radius 3 is 1.12 bits per heavy atom. The molecule has 7 aromatic rings. The van der Waals surface area contributed by atoms with Gasteiger partial charge >= 0.3 is 0 Å². The molecule has 0 saturated heterocycles. The number of phenols is 2. The van der Waals surface area contributed by atoms with Gasteiger partial charge < -0.3 is 25.6 Å². The summed E-state index contributed by atoms with van der Waals surface area (Å²) >= 11 is 0. The summed E-state index contributed by atoms with van der Waals surface area (Å²) in [5.41, 5.74) is 9.36. The number of methoxy groups -OCH3 is 1. The molecule has 0 saturated carbocycles. The first-order chi connectivity index (χ1) is 40.1. The van der Waals surface area contributed by atoms with Crippen molar-refractivity contribution in [1.29, 1.82) is 0 Å². The molecule has 0 radical (unpaired) electrons. The molecule has 1 unspecified atom stereocenters. The van der Waals surface area contributed by atoms with Gasteiger partial charge in [0.1, 0.15) is 17.2 Å². The smallest absolute Gasteiger partial charge is 0.294 e. The predicted molar refractivity (Wildman–Crippen MR) is 352 cm³/mol. The number of rotatable bonds is 16. The van der Waals surface area contributed by atoms with Crippen LogP contribution < -0.4 is 15.4 Å². The average molecular weight is 1280 g/mol. The molecule has 7 aromatic carbocycles. The van der Waals surface area contributed by atoms with Crippen LogP contribution in [0.1, 0.15) is 178 Å². The molecule has 19 heteroatoms. The number of aryl methyl sites for hydroxylation is 5. The monoisotopic (exact) mass is 1280 g/mol. The van der Waals surface area contributed by atoms with Crippen molar-refractivity contribution >= 4 is 62.7 Å². The van der Waals surface area contributed by atoms with Crippen LogP contribution in [-0.2, 0) is 73.1 Å². The molecule has 0 amide bonds. The molecular formula is C69H86N2O13S4. The fourth-order valence-electron chi connectivity index (χ4n) is 11.7. The number of anilines is 4. The Balaban J connectivity index is 1.32. The highest BCUT2D eigenvalue weighted by Gasteiger charge is 2.35. The normalized spacial score (nSPS) is 13.4. The largest absolute Gasteiger partial charge is 0.507 e. The molecule has 7 rings (SSSR count). The number of sulfone groups is 2. The molecule has 0 aliphatic rings. The van der Waals surface area contributed by atoms with E-state index in [0.29, 0.717) is 90.0 Å². The van der Waals surface area contributed by atoms with Gasteiger partial charge in [0.05, 0.1) is 38.2 Å². The van der Waals surface area contributed by atoms with Gasteiger partial charge in [-0.3, -0.25) is 9.11 Å². The second-order valence-corrected chi connectivity index (χ2v) is 34.4. The third-order valence-corrected chi connectivity index (χ3v) is 21.6. The molecule has 0 aromatic heterocycles. The molecule has 6 N–H and O–H groups in total. The highest BCUT2D eigenvalue weighted by Crippen LogP contribution is 2.47. The van der Waals surface area contributed by atoms with E-state index in [9.17, 15) is 53.0 Å². The molecule has 474 valence electrons. The number of benzene rings is 7. The summed E-state index contributed by atoms with van der Waals surface area (Å²) in [6.45, 7) is 36.1. The number of hydrogen-bond acceptors (Lipinski definition) is 13. The van der Waals surface area contributed by atoms with Crippen LogP contribution in [-0.4, -0.2) is 60.1 Å². The van der Waals surface area contributed by atoms with Crippen molar-refractivity contribution in [2.24, 2.45) is 0 Å². The summed E-state index contributed by atoms with van der Waals surface area (Å²) in [5.74, 6) is -1.37. The molecule has 0 aliphatic heterocycles. The van der Waals surface area contributed by atoms with E-state index in [1.54, 1.807) is 61.5 Å². The summed E-state index contributed by atoms with van der Waals surface area (Å²) in [6, 6.07) is 23.6. The van der Waals surface area contributed by atoms with Crippen LogP contribution in [0.3, 0.4) is 0 Å². The third kappa shape index (κ3) is 14.3. The quantitative estimate of drug-likeness (QED) is 0.0389. The van der Waals surface area contributed by atoms with Crippen LogP contribution in [0.4, 0.5) is 22.7 Å². The number of nitrogens with one attached hydrogen (secondary N) is 2. The van der Waals surface area contributed by atoms with E-state index < -0.39 is 77.3 Å². The molecule has 0 bridgehead atoms. The SMILES string of the molecule is COc1cc(Nc2c(C)cc(C)c(CS(=O)(=O)c3cc(C(C)(C)C)c(O)c(C(C)(C)C)c3)c2C)ccc1C(c1ccc(Nc2c(C)cc(C)c(CS(=O)(=O)c3cc(C(C)(C)C)c(O)c(C(C)(C)C)c3)c2C)cc1C)c1ccc(S(=O)(=O)O)cc1S(=O)(=O)O. The summed E-state index contributed by atoms with van der Waals surface area (Å²) < 4.78 is 137. The van der Waals surface area contributed by atoms with E-state index in [4.69, 9.17) is 4.74 Å². The van der Waals surface area contributed by atoms with Crippen LogP contribution >= 0.6 is 0 Å². The highest BCUT2D eigenvalue weighted by atomic mass is 32.2. The van der Waals surface area contributed by atoms with E-state index in [0.717, 1.165) is 28.3 Å². The number of aromatic hydroxyl groups is 2. The minimum Gasteiger partial charge on any atom is -0.507 e. The van der Waals surface area contributed by atoms with Gasteiger partial charge in [0.15, 0.2) is 19.7 Å². The molecule has 88 heavy (non-hydrogen) atoms. The molecule has 0 aliphatic carbocycles. The van der Waals surface area contributed by atoms with Crippen LogP contribution in [0.5, 0.6) is 17.2 Å². The van der Waals surface area contributed by atoms with Gasteiger partial charge in [-0.1, -0.05) is 113 Å². The zero-order chi connectivity index (χ0) is 66.3. The fourth-order valence-corrected chi connectivity index (χ4v) is 16.2. The first kappa shape index (κ1) is 68.7. The minimum atomic E-state index is -5.19. The maximum absolute atomic E-state index is 14.6. The molecule has 0 heterocycles. The lowest BCUT2D eigenvalue weighted by molar-refractivity contribution is 0.409. The Morgan fingerprint density at radius 1 is 0.420 bits per heavy atom. The van der Waals surface area contributed by atoms with Gasteiger partial charge in [0.25, 0.3) is 20.2 Å². The predicted octanol–water partition coefficient (Wildman–Crippen LogP) is 15.6. The van der Waals surface area contributed by atoms with Crippen molar-refractivity contribution in [3.05, 3.63) is 180 Å². The lowest BCUT2D eigenvalue weighted by Gasteiger charge is -2.28. The van der Waals surface area contributed by atoms with E-state index >= 15 is 0 Å². The molecule has 1 atom stereocenters. The van der Waals surface area contributed by atoms with Crippen molar-refractivity contribution in [3.63, 3.8) is 0 Å². The molecule has 15 nitrogen and oxygen atoms in total. The maximum atomic E-state index is 14.6. The average Bonchev–Trinajstić information content (AvgIpc) is 1.44. The van der Waals surface area contributed by atoms with Crippen molar-refractivity contribution in [3.8, 4) is 17.2 Å². The molecular weight excluding hydrogens is 1190 g/mol. The second kappa shape index (κ2) is 23.9. The van der Waals surface area contributed by atoms with Gasteiger partial charge in [-0.15, -0.1) is 0 Å². The van der Waals surface area contributed by atoms with Crippen molar-refractivity contribution in [2.75, 3.05) is 17.7 Å². The van der Waals surface area contributed by atoms with Gasteiger partial charge in [-0.2, -0.15) is 16.8 Å². The second-order valence-electron chi connectivity index (χ2n) is 27.6.